The Bertz CT molecular complexity index is 981. The molecular formula is C23H24N2O5. The third-order valence-corrected chi connectivity index (χ3v) is 5.35. The van der Waals surface area contributed by atoms with Crippen LogP contribution in [0.1, 0.15) is 46.5 Å². The van der Waals surface area contributed by atoms with Gasteiger partial charge in [0.05, 0.1) is 11.1 Å². The number of amides is 3. The Labute approximate surface area is 175 Å². The van der Waals surface area contributed by atoms with Gasteiger partial charge in [0.15, 0.2) is 11.5 Å². The molecule has 2 aliphatic rings. The molecule has 156 valence electrons. The minimum absolute atomic E-state index is 0.127. The molecule has 0 spiro atoms. The predicted octanol–water partition coefficient (Wildman–Crippen LogP) is 3.08. The first-order valence-electron chi connectivity index (χ1n) is 9.97. The molecule has 2 aromatic carbocycles. The molecular weight excluding hydrogens is 384 g/mol. The number of hydrogen-bond donors (Lipinski definition) is 0. The second-order valence-electron chi connectivity index (χ2n) is 8.05. The van der Waals surface area contributed by atoms with E-state index in [-0.39, 0.29) is 18.6 Å². The highest BCUT2D eigenvalue weighted by Gasteiger charge is 2.43. The molecule has 7 heteroatoms. The number of carbonyl (C=O) groups is 3. The smallest absolute Gasteiger partial charge is 0.262 e. The average Bonchev–Trinajstić information content (AvgIpc) is 3.28. The number of imide groups is 1. The van der Waals surface area contributed by atoms with E-state index in [0.29, 0.717) is 35.6 Å². The predicted molar refractivity (Wildman–Crippen MR) is 109 cm³/mol. The molecule has 1 atom stereocenters. The molecule has 3 amide bonds. The molecule has 0 N–H and O–H groups in total. The van der Waals surface area contributed by atoms with Gasteiger partial charge in [0, 0.05) is 13.6 Å². The molecule has 0 fully saturated rings. The van der Waals surface area contributed by atoms with E-state index in [9.17, 15) is 14.4 Å². The fourth-order valence-corrected chi connectivity index (χ4v) is 3.90. The highest BCUT2D eigenvalue weighted by Crippen LogP contribution is 2.33. The summed E-state index contributed by atoms with van der Waals surface area (Å²) in [5.74, 6) is 0.360. The molecule has 0 saturated heterocycles. The maximum absolute atomic E-state index is 13.4. The summed E-state index contributed by atoms with van der Waals surface area (Å²) < 4.78 is 10.7. The van der Waals surface area contributed by atoms with Gasteiger partial charge in [-0.3, -0.25) is 19.3 Å². The lowest BCUT2D eigenvalue weighted by Gasteiger charge is -2.30. The molecule has 0 unspecified atom stereocenters. The lowest BCUT2D eigenvalue weighted by molar-refractivity contribution is -0.135. The summed E-state index contributed by atoms with van der Waals surface area (Å²) in [4.78, 5) is 41.9. The molecule has 0 radical (unpaired) electrons. The fourth-order valence-electron chi connectivity index (χ4n) is 3.90. The van der Waals surface area contributed by atoms with Crippen molar-refractivity contribution in [2.24, 2.45) is 5.92 Å². The van der Waals surface area contributed by atoms with Crippen molar-refractivity contribution in [1.29, 1.82) is 0 Å². The Balaban J connectivity index is 1.57. The summed E-state index contributed by atoms with van der Waals surface area (Å²) in [5.41, 5.74) is 1.57. The van der Waals surface area contributed by atoms with Crippen LogP contribution in [0.2, 0.25) is 0 Å². The molecule has 30 heavy (non-hydrogen) atoms. The van der Waals surface area contributed by atoms with E-state index < -0.39 is 17.9 Å². The van der Waals surface area contributed by atoms with E-state index in [4.69, 9.17) is 9.47 Å². The number of fused-ring (bicyclic) bond motifs is 2. The van der Waals surface area contributed by atoms with E-state index in [1.807, 2.05) is 32.0 Å². The van der Waals surface area contributed by atoms with E-state index >= 15 is 0 Å². The zero-order chi connectivity index (χ0) is 21.4. The van der Waals surface area contributed by atoms with Crippen molar-refractivity contribution < 1.29 is 23.9 Å². The first-order chi connectivity index (χ1) is 14.4. The van der Waals surface area contributed by atoms with Gasteiger partial charge in [0.1, 0.15) is 6.04 Å². The van der Waals surface area contributed by atoms with Crippen LogP contribution >= 0.6 is 0 Å². The number of ether oxygens (including phenoxy) is 2. The van der Waals surface area contributed by atoms with Crippen LogP contribution in [-0.2, 0) is 11.3 Å². The lowest BCUT2D eigenvalue weighted by Crippen LogP contribution is -2.50. The Hall–Kier alpha value is -3.35. The van der Waals surface area contributed by atoms with Crippen molar-refractivity contribution in [3.8, 4) is 11.5 Å². The quantitative estimate of drug-likeness (QED) is 0.687. The molecule has 7 nitrogen and oxygen atoms in total. The molecule has 2 heterocycles. The van der Waals surface area contributed by atoms with Crippen LogP contribution in [0.5, 0.6) is 11.5 Å². The first kappa shape index (κ1) is 19.9. The first-order valence-corrected chi connectivity index (χ1v) is 9.97. The van der Waals surface area contributed by atoms with Crippen LogP contribution in [-0.4, -0.2) is 47.4 Å². The van der Waals surface area contributed by atoms with Gasteiger partial charge in [-0.25, -0.2) is 0 Å². The summed E-state index contributed by atoms with van der Waals surface area (Å²) in [6.07, 6.45) is 0.399. The summed E-state index contributed by atoms with van der Waals surface area (Å²) >= 11 is 0. The Morgan fingerprint density at radius 1 is 1.03 bits per heavy atom. The Morgan fingerprint density at radius 3 is 2.30 bits per heavy atom. The van der Waals surface area contributed by atoms with E-state index in [0.717, 1.165) is 10.5 Å². The van der Waals surface area contributed by atoms with Gasteiger partial charge in [-0.05, 0) is 42.2 Å². The highest BCUT2D eigenvalue weighted by atomic mass is 16.7. The van der Waals surface area contributed by atoms with Gasteiger partial charge in [-0.2, -0.15) is 0 Å². The lowest BCUT2D eigenvalue weighted by atomic mass is 10.0. The number of likely N-dealkylation sites (N-methyl/N-ethyl adjacent to an activating group) is 1. The van der Waals surface area contributed by atoms with Gasteiger partial charge in [0.25, 0.3) is 11.8 Å². The Kier molecular flexibility index (Phi) is 5.20. The molecule has 4 rings (SSSR count). The Morgan fingerprint density at radius 2 is 1.67 bits per heavy atom. The second kappa shape index (κ2) is 7.82. The van der Waals surface area contributed by atoms with E-state index in [1.165, 1.54) is 0 Å². The largest absolute Gasteiger partial charge is 0.454 e. The molecule has 2 aromatic rings. The minimum atomic E-state index is -0.851. The van der Waals surface area contributed by atoms with E-state index in [2.05, 4.69) is 0 Å². The summed E-state index contributed by atoms with van der Waals surface area (Å²) in [6.45, 7) is 4.45. The molecule has 2 aliphatic heterocycles. The van der Waals surface area contributed by atoms with Gasteiger partial charge < -0.3 is 14.4 Å². The van der Waals surface area contributed by atoms with Gasteiger partial charge in [-0.15, -0.1) is 0 Å². The van der Waals surface area contributed by atoms with Crippen molar-refractivity contribution in [2.75, 3.05) is 13.8 Å². The second-order valence-corrected chi connectivity index (χ2v) is 8.05. The normalized spacial score (nSPS) is 15.5. The molecule has 0 aromatic heterocycles. The average molecular weight is 408 g/mol. The van der Waals surface area contributed by atoms with Gasteiger partial charge >= 0.3 is 0 Å². The summed E-state index contributed by atoms with van der Waals surface area (Å²) in [6, 6.07) is 11.4. The number of carbonyl (C=O) groups excluding carboxylic acids is 3. The van der Waals surface area contributed by atoms with Crippen molar-refractivity contribution in [3.63, 3.8) is 0 Å². The molecule has 0 aliphatic carbocycles. The number of hydrogen-bond acceptors (Lipinski definition) is 5. The van der Waals surface area contributed by atoms with Crippen LogP contribution in [0.4, 0.5) is 0 Å². The molecule has 0 saturated carbocycles. The topological polar surface area (TPSA) is 76.2 Å². The maximum atomic E-state index is 13.4. The third-order valence-electron chi connectivity index (χ3n) is 5.35. The SMILES string of the molecule is CC(C)C[C@H](C(=O)N(C)Cc1ccc2c(c1)OCO2)N1C(=O)c2ccccc2C1=O. The standard InChI is InChI=1S/C23H24N2O5/c1-14(2)10-18(25-21(26)16-6-4-5-7-17(16)22(25)27)23(28)24(3)12-15-8-9-19-20(11-15)30-13-29-19/h4-9,11,14,18H,10,12-13H2,1-3H3/t18-/m1/s1. The van der Waals surface area contributed by atoms with Crippen molar-refractivity contribution >= 4 is 17.7 Å². The monoisotopic (exact) mass is 408 g/mol. The highest BCUT2D eigenvalue weighted by molar-refractivity contribution is 6.22. The van der Waals surface area contributed by atoms with Crippen molar-refractivity contribution in [1.82, 2.24) is 9.80 Å². The third kappa shape index (κ3) is 3.51. The van der Waals surface area contributed by atoms with Crippen LogP contribution in [0, 0.1) is 5.92 Å². The zero-order valence-corrected chi connectivity index (χ0v) is 17.3. The van der Waals surface area contributed by atoms with Gasteiger partial charge in [-0.1, -0.05) is 32.0 Å². The number of nitrogens with zero attached hydrogens (tertiary/aromatic N) is 2. The van der Waals surface area contributed by atoms with Crippen molar-refractivity contribution in [2.45, 2.75) is 32.9 Å². The van der Waals surface area contributed by atoms with Crippen LogP contribution in [0.3, 0.4) is 0 Å². The number of benzene rings is 2. The zero-order valence-electron chi connectivity index (χ0n) is 17.3. The molecule has 0 bridgehead atoms. The number of rotatable bonds is 6. The van der Waals surface area contributed by atoms with Gasteiger partial charge in [0.2, 0.25) is 12.7 Å². The summed E-state index contributed by atoms with van der Waals surface area (Å²) in [7, 11) is 1.68. The summed E-state index contributed by atoms with van der Waals surface area (Å²) in [5, 5.41) is 0. The van der Waals surface area contributed by atoms with Crippen LogP contribution in [0.15, 0.2) is 42.5 Å². The fraction of sp³-hybridized carbons (Fsp3) is 0.348. The van der Waals surface area contributed by atoms with Crippen molar-refractivity contribution in [3.05, 3.63) is 59.2 Å². The minimum Gasteiger partial charge on any atom is -0.454 e. The maximum Gasteiger partial charge on any atom is 0.262 e. The van der Waals surface area contributed by atoms with E-state index in [1.54, 1.807) is 36.2 Å². The van der Waals surface area contributed by atoms with Crippen LogP contribution < -0.4 is 9.47 Å². The van der Waals surface area contributed by atoms with Crippen LogP contribution in [0.25, 0.3) is 0 Å².